The minimum atomic E-state index is -1.29. The van der Waals surface area contributed by atoms with Crippen molar-refractivity contribution in [2.45, 2.75) is 0 Å². The van der Waals surface area contributed by atoms with Crippen LogP contribution in [0.5, 0.6) is 0 Å². The van der Waals surface area contributed by atoms with Crippen molar-refractivity contribution in [3.63, 3.8) is 0 Å². The highest BCUT2D eigenvalue weighted by molar-refractivity contribution is 6.05. The molecule has 0 rings (SSSR count). The molecule has 0 amide bonds. The van der Waals surface area contributed by atoms with Crippen molar-refractivity contribution in [3.05, 3.63) is 24.3 Å². The van der Waals surface area contributed by atoms with Crippen molar-refractivity contribution in [2.24, 2.45) is 0 Å². The van der Waals surface area contributed by atoms with E-state index in [1.54, 1.807) is 0 Å². The molecule has 1 N–H and O–H groups in total. The van der Waals surface area contributed by atoms with Crippen molar-refractivity contribution >= 4 is 11.9 Å². The van der Waals surface area contributed by atoms with Crippen LogP contribution in [0.15, 0.2) is 24.3 Å². The van der Waals surface area contributed by atoms with Crippen LogP contribution in [0.25, 0.3) is 0 Å². The van der Waals surface area contributed by atoms with E-state index < -0.39 is 11.9 Å². The molecule has 0 aliphatic heterocycles. The molecule has 0 spiro atoms. The van der Waals surface area contributed by atoms with E-state index in [9.17, 15) is 9.59 Å². The van der Waals surface area contributed by atoms with Gasteiger partial charge in [-0.05, 0) is 0 Å². The molecule has 0 aliphatic rings. The maximum Gasteiger partial charge on any atom is 0.338 e. The van der Waals surface area contributed by atoms with Crippen molar-refractivity contribution in [1.29, 1.82) is 0 Å². The first-order chi connectivity index (χ1) is 6.50. The molecule has 5 heteroatoms. The minimum absolute atomic E-state index is 0.0568. The summed E-state index contributed by atoms with van der Waals surface area (Å²) in [5.41, 5.74) is -0.624. The van der Waals surface area contributed by atoms with Crippen LogP contribution in [-0.2, 0) is 19.1 Å². The van der Waals surface area contributed by atoms with Crippen LogP contribution in [0.2, 0.25) is 0 Å². The number of rotatable bonds is 6. The number of methoxy groups -OCH3 is 1. The first-order valence-corrected chi connectivity index (χ1v) is 3.78. The smallest absolute Gasteiger partial charge is 0.338 e. The molecule has 0 atom stereocenters. The standard InChI is InChI=1S/C9H12O5/c1-6(8(10)11)7(2)9(12)14-5-4-13-3/h1-2,4-5H2,3H3,(H,10,11). The van der Waals surface area contributed by atoms with Crippen LogP contribution >= 0.6 is 0 Å². The summed E-state index contributed by atoms with van der Waals surface area (Å²) in [5, 5.41) is 8.48. The Morgan fingerprint density at radius 3 is 2.21 bits per heavy atom. The molecule has 0 aliphatic carbocycles. The SMILES string of the molecule is C=C(C(=C)C(=O)OCCOC)C(=O)O. The Balaban J connectivity index is 4.07. The summed E-state index contributed by atoms with van der Waals surface area (Å²) < 4.78 is 9.26. The van der Waals surface area contributed by atoms with Gasteiger partial charge in [0, 0.05) is 7.11 Å². The highest BCUT2D eigenvalue weighted by atomic mass is 16.6. The van der Waals surface area contributed by atoms with E-state index in [1.807, 2.05) is 0 Å². The van der Waals surface area contributed by atoms with E-state index in [4.69, 9.17) is 5.11 Å². The van der Waals surface area contributed by atoms with Gasteiger partial charge in [0.15, 0.2) is 0 Å². The van der Waals surface area contributed by atoms with Crippen LogP contribution in [0, 0.1) is 0 Å². The predicted octanol–water partition coefficient (Wildman–Crippen LogP) is 0.373. The number of carboxylic acid groups (broad SMARTS) is 1. The first kappa shape index (κ1) is 12.4. The lowest BCUT2D eigenvalue weighted by Gasteiger charge is -2.05. The maximum atomic E-state index is 11.1. The van der Waals surface area contributed by atoms with Gasteiger partial charge in [0.2, 0.25) is 0 Å². The Kier molecular flexibility index (Phi) is 5.24. The number of esters is 1. The fourth-order valence-electron chi connectivity index (χ4n) is 0.557. The van der Waals surface area contributed by atoms with Crippen molar-refractivity contribution in [1.82, 2.24) is 0 Å². The normalized spacial score (nSPS) is 9.21. The second kappa shape index (κ2) is 5.93. The predicted molar refractivity (Wildman–Crippen MR) is 48.8 cm³/mol. The van der Waals surface area contributed by atoms with Gasteiger partial charge in [-0.15, -0.1) is 0 Å². The van der Waals surface area contributed by atoms with Crippen LogP contribution in [0.3, 0.4) is 0 Å². The Morgan fingerprint density at radius 1 is 1.21 bits per heavy atom. The Hall–Kier alpha value is -1.62. The van der Waals surface area contributed by atoms with E-state index in [2.05, 4.69) is 22.6 Å². The van der Waals surface area contributed by atoms with Gasteiger partial charge in [0.05, 0.1) is 17.8 Å². The highest BCUT2D eigenvalue weighted by Crippen LogP contribution is 2.06. The number of ether oxygens (including phenoxy) is 2. The van der Waals surface area contributed by atoms with Gasteiger partial charge in [-0.1, -0.05) is 13.2 Å². The lowest BCUT2D eigenvalue weighted by molar-refractivity contribution is -0.141. The van der Waals surface area contributed by atoms with Crippen molar-refractivity contribution in [3.8, 4) is 0 Å². The zero-order chi connectivity index (χ0) is 11.1. The van der Waals surface area contributed by atoms with Crippen LogP contribution in [-0.4, -0.2) is 37.4 Å². The summed E-state index contributed by atoms with van der Waals surface area (Å²) in [6.07, 6.45) is 0. The summed E-state index contributed by atoms with van der Waals surface area (Å²) in [4.78, 5) is 21.4. The quantitative estimate of drug-likeness (QED) is 0.290. The molecule has 0 aromatic heterocycles. The Morgan fingerprint density at radius 2 is 1.79 bits per heavy atom. The molecule has 0 aromatic carbocycles. The van der Waals surface area contributed by atoms with Gasteiger partial charge >= 0.3 is 11.9 Å². The maximum absolute atomic E-state index is 11.1. The second-order valence-corrected chi connectivity index (χ2v) is 2.39. The third kappa shape index (κ3) is 3.86. The largest absolute Gasteiger partial charge is 0.478 e. The Labute approximate surface area is 81.6 Å². The van der Waals surface area contributed by atoms with Gasteiger partial charge in [-0.3, -0.25) is 0 Å². The topological polar surface area (TPSA) is 72.8 Å². The van der Waals surface area contributed by atoms with Gasteiger partial charge in [0.25, 0.3) is 0 Å². The second-order valence-electron chi connectivity index (χ2n) is 2.39. The van der Waals surface area contributed by atoms with Crippen LogP contribution < -0.4 is 0 Å². The summed E-state index contributed by atoms with van der Waals surface area (Å²) in [6, 6.07) is 0. The van der Waals surface area contributed by atoms with Gasteiger partial charge in [0.1, 0.15) is 6.61 Å². The summed E-state index contributed by atoms with van der Waals surface area (Å²) in [7, 11) is 1.46. The van der Waals surface area contributed by atoms with Crippen LogP contribution in [0.1, 0.15) is 0 Å². The summed E-state index contributed by atoms with van der Waals surface area (Å²) in [6.45, 7) is 6.74. The Bertz CT molecular complexity index is 266. The molecule has 14 heavy (non-hydrogen) atoms. The van der Waals surface area contributed by atoms with E-state index in [0.717, 1.165) is 0 Å². The highest BCUT2D eigenvalue weighted by Gasteiger charge is 2.16. The molecule has 0 saturated carbocycles. The van der Waals surface area contributed by atoms with E-state index >= 15 is 0 Å². The molecule has 0 fully saturated rings. The number of hydrogen-bond donors (Lipinski definition) is 1. The minimum Gasteiger partial charge on any atom is -0.478 e. The molecule has 5 nitrogen and oxygen atoms in total. The lowest BCUT2D eigenvalue weighted by atomic mass is 10.1. The summed E-state index contributed by atoms with van der Waals surface area (Å²) in [5.74, 6) is -2.09. The lowest BCUT2D eigenvalue weighted by Crippen LogP contribution is -2.15. The van der Waals surface area contributed by atoms with Gasteiger partial charge in [-0.25, -0.2) is 9.59 Å². The van der Waals surface area contributed by atoms with Crippen molar-refractivity contribution in [2.75, 3.05) is 20.3 Å². The van der Waals surface area contributed by atoms with Gasteiger partial charge in [-0.2, -0.15) is 0 Å². The molecule has 0 unspecified atom stereocenters. The number of carbonyl (C=O) groups is 2. The van der Waals surface area contributed by atoms with Gasteiger partial charge < -0.3 is 14.6 Å². The average Bonchev–Trinajstić information content (AvgIpc) is 2.15. The third-order valence-corrected chi connectivity index (χ3v) is 1.39. The molecule has 0 saturated heterocycles. The number of aliphatic carboxylic acids is 1. The van der Waals surface area contributed by atoms with Crippen molar-refractivity contribution < 1.29 is 24.2 Å². The van der Waals surface area contributed by atoms with E-state index in [-0.39, 0.29) is 24.4 Å². The molecule has 0 aromatic rings. The summed E-state index contributed by atoms with van der Waals surface area (Å²) >= 11 is 0. The number of carbonyl (C=O) groups excluding carboxylic acids is 1. The zero-order valence-corrected chi connectivity index (χ0v) is 7.91. The molecule has 0 bridgehead atoms. The number of hydrogen-bond acceptors (Lipinski definition) is 4. The van der Waals surface area contributed by atoms with Crippen LogP contribution in [0.4, 0.5) is 0 Å². The third-order valence-electron chi connectivity index (χ3n) is 1.39. The first-order valence-electron chi connectivity index (χ1n) is 3.78. The fourth-order valence-corrected chi connectivity index (χ4v) is 0.557. The average molecular weight is 200 g/mol. The number of carboxylic acids is 1. The monoisotopic (exact) mass is 200 g/mol. The van der Waals surface area contributed by atoms with E-state index in [0.29, 0.717) is 0 Å². The molecular formula is C9H12O5. The molecule has 0 heterocycles. The zero-order valence-electron chi connectivity index (χ0n) is 7.91. The molecular weight excluding hydrogens is 188 g/mol. The molecule has 0 radical (unpaired) electrons. The van der Waals surface area contributed by atoms with E-state index in [1.165, 1.54) is 7.11 Å². The fraction of sp³-hybridized carbons (Fsp3) is 0.333. The molecule has 78 valence electrons.